The van der Waals surface area contributed by atoms with Gasteiger partial charge in [0.1, 0.15) is 45.5 Å². The summed E-state index contributed by atoms with van der Waals surface area (Å²) in [6.45, 7) is 10.2. The van der Waals surface area contributed by atoms with Gasteiger partial charge < -0.3 is 29.3 Å². The predicted octanol–water partition coefficient (Wildman–Crippen LogP) is 7.12. The van der Waals surface area contributed by atoms with Crippen molar-refractivity contribution in [1.82, 2.24) is 24.6 Å². The highest BCUT2D eigenvalue weighted by atomic mass is 35.5. The average molecular weight is 679 g/mol. The number of imidazole rings is 1. The molecule has 2 aromatic carbocycles. The molecule has 1 aliphatic rings. The van der Waals surface area contributed by atoms with E-state index in [1.54, 1.807) is 24.2 Å². The van der Waals surface area contributed by atoms with E-state index in [9.17, 15) is 9.59 Å². The number of ether oxygens (including phenoxy) is 3. The van der Waals surface area contributed by atoms with Crippen LogP contribution in [0, 0.1) is 6.92 Å². The van der Waals surface area contributed by atoms with Crippen molar-refractivity contribution in [2.24, 2.45) is 5.73 Å². The summed E-state index contributed by atoms with van der Waals surface area (Å²) in [5, 5.41) is 9.09. The predicted molar refractivity (Wildman–Crippen MR) is 177 cm³/mol. The molecule has 0 saturated carbocycles. The topological polar surface area (TPSA) is 148 Å². The van der Waals surface area contributed by atoms with Crippen molar-refractivity contribution < 1.29 is 28.2 Å². The number of carbonyl (C=O) groups is 2. The average Bonchev–Trinajstić information content (AvgIpc) is 3.75. The molecule has 1 aliphatic heterocycles. The van der Waals surface area contributed by atoms with Crippen LogP contribution in [0.1, 0.15) is 67.8 Å². The molecular formula is C33H35ClN6O6S. The van der Waals surface area contributed by atoms with Gasteiger partial charge in [0.05, 0.1) is 16.1 Å². The number of benzene rings is 2. The van der Waals surface area contributed by atoms with Crippen molar-refractivity contribution in [2.75, 3.05) is 13.1 Å². The minimum Gasteiger partial charge on any atom is -0.489 e. The van der Waals surface area contributed by atoms with Crippen LogP contribution in [0.25, 0.3) is 27.5 Å². The summed E-state index contributed by atoms with van der Waals surface area (Å²) in [7, 11) is 0. The summed E-state index contributed by atoms with van der Waals surface area (Å²) in [6, 6.07) is 12.9. The van der Waals surface area contributed by atoms with E-state index in [-0.39, 0.29) is 17.1 Å². The van der Waals surface area contributed by atoms with Crippen molar-refractivity contribution in [3.63, 3.8) is 0 Å². The maximum atomic E-state index is 12.5. The SMILES string of the molecule is Cc1nnc(-c2ccc3c(c2)ncn3-c2cc(OC(C)c3cccc(OC4CCN(C(=O)OC(C)(C)C)CC4)c3Cl)c(C(N)=O)s2)o1. The molecule has 14 heteroatoms. The third-order valence-corrected chi connectivity index (χ3v) is 9.12. The highest BCUT2D eigenvalue weighted by Crippen LogP contribution is 2.39. The summed E-state index contributed by atoms with van der Waals surface area (Å²) < 4.78 is 25.5. The Labute approximate surface area is 280 Å². The Balaban J connectivity index is 1.17. The van der Waals surface area contributed by atoms with E-state index in [0.29, 0.717) is 70.3 Å². The number of aromatic nitrogens is 4. The summed E-state index contributed by atoms with van der Waals surface area (Å²) in [5.41, 5.74) is 8.19. The second-order valence-electron chi connectivity index (χ2n) is 12.3. The number of carbonyl (C=O) groups excluding carboxylic acids is 2. The van der Waals surface area contributed by atoms with E-state index in [0.717, 1.165) is 11.1 Å². The van der Waals surface area contributed by atoms with E-state index < -0.39 is 17.6 Å². The lowest BCUT2D eigenvalue weighted by atomic mass is 10.1. The third-order valence-electron chi connectivity index (χ3n) is 7.59. The molecule has 1 atom stereocenters. The van der Waals surface area contributed by atoms with Gasteiger partial charge in [-0.3, -0.25) is 9.36 Å². The lowest BCUT2D eigenvalue weighted by Crippen LogP contribution is -2.44. The number of nitrogens with zero attached hydrogens (tertiary/aromatic N) is 5. The molecular weight excluding hydrogens is 644 g/mol. The van der Waals surface area contributed by atoms with Gasteiger partial charge in [-0.25, -0.2) is 9.78 Å². The fraction of sp³-hybridized carbons (Fsp3) is 0.364. The van der Waals surface area contributed by atoms with Gasteiger partial charge in [-0.1, -0.05) is 23.7 Å². The van der Waals surface area contributed by atoms with Gasteiger partial charge in [-0.05, 0) is 52.0 Å². The van der Waals surface area contributed by atoms with Crippen molar-refractivity contribution in [2.45, 2.75) is 65.3 Å². The quantitative estimate of drug-likeness (QED) is 0.181. The van der Waals surface area contributed by atoms with Gasteiger partial charge in [-0.2, -0.15) is 0 Å². The number of nitrogens with two attached hydrogens (primary N) is 1. The van der Waals surface area contributed by atoms with Crippen molar-refractivity contribution in [3.8, 4) is 28.0 Å². The van der Waals surface area contributed by atoms with Crippen LogP contribution in [0.4, 0.5) is 4.79 Å². The van der Waals surface area contributed by atoms with Gasteiger partial charge in [0.2, 0.25) is 11.8 Å². The number of piperidine rings is 1. The Bertz CT molecular complexity index is 1940. The number of hydrogen-bond acceptors (Lipinski definition) is 10. The molecule has 6 rings (SSSR count). The van der Waals surface area contributed by atoms with Crippen LogP contribution in [-0.2, 0) is 4.74 Å². The van der Waals surface area contributed by atoms with Gasteiger partial charge in [-0.15, -0.1) is 21.5 Å². The minimum absolute atomic E-state index is 0.115. The summed E-state index contributed by atoms with van der Waals surface area (Å²) >= 11 is 8.05. The fourth-order valence-corrected chi connectivity index (χ4v) is 6.57. The molecule has 0 bridgehead atoms. The Morgan fingerprint density at radius 3 is 2.55 bits per heavy atom. The monoisotopic (exact) mass is 678 g/mol. The van der Waals surface area contributed by atoms with Crippen LogP contribution in [-0.4, -0.2) is 61.4 Å². The highest BCUT2D eigenvalue weighted by Gasteiger charge is 2.29. The van der Waals surface area contributed by atoms with Crippen molar-refractivity contribution >= 4 is 46.0 Å². The summed E-state index contributed by atoms with van der Waals surface area (Å²) in [6.07, 6.45) is 1.99. The molecule has 246 valence electrons. The number of halogens is 1. The maximum Gasteiger partial charge on any atom is 0.410 e. The molecule has 4 heterocycles. The Hall–Kier alpha value is -4.62. The smallest absolute Gasteiger partial charge is 0.410 e. The molecule has 12 nitrogen and oxygen atoms in total. The first-order chi connectivity index (χ1) is 22.4. The summed E-state index contributed by atoms with van der Waals surface area (Å²) in [4.78, 5) is 31.4. The highest BCUT2D eigenvalue weighted by molar-refractivity contribution is 7.16. The van der Waals surface area contributed by atoms with Crippen LogP contribution in [0.3, 0.4) is 0 Å². The largest absolute Gasteiger partial charge is 0.489 e. The van der Waals surface area contributed by atoms with Gasteiger partial charge in [0, 0.05) is 50.0 Å². The number of likely N-dealkylation sites (tertiary alicyclic amines) is 1. The van der Waals surface area contributed by atoms with E-state index >= 15 is 0 Å². The number of fused-ring (bicyclic) bond motifs is 1. The van der Waals surface area contributed by atoms with E-state index in [2.05, 4.69) is 15.2 Å². The fourth-order valence-electron chi connectivity index (χ4n) is 5.32. The van der Waals surface area contributed by atoms with Crippen LogP contribution >= 0.6 is 22.9 Å². The number of hydrogen-bond donors (Lipinski definition) is 1. The summed E-state index contributed by atoms with van der Waals surface area (Å²) in [5.74, 6) is 1.14. The molecule has 0 spiro atoms. The molecule has 1 unspecified atom stereocenters. The molecule has 3 aromatic heterocycles. The molecule has 0 aliphatic carbocycles. The van der Waals surface area contributed by atoms with Gasteiger partial charge in [0.15, 0.2) is 0 Å². The lowest BCUT2D eigenvalue weighted by molar-refractivity contribution is 0.0126. The van der Waals surface area contributed by atoms with E-state index in [4.69, 9.17) is 36.0 Å². The molecule has 5 aromatic rings. The lowest BCUT2D eigenvalue weighted by Gasteiger charge is -2.33. The molecule has 2 N–H and O–H groups in total. The molecule has 1 fully saturated rings. The van der Waals surface area contributed by atoms with Crippen molar-refractivity contribution in [3.05, 3.63) is 70.1 Å². The zero-order chi connectivity index (χ0) is 33.5. The molecule has 1 saturated heterocycles. The second-order valence-corrected chi connectivity index (χ2v) is 13.7. The number of primary amides is 1. The number of rotatable bonds is 8. The first-order valence-corrected chi connectivity index (χ1v) is 16.4. The van der Waals surface area contributed by atoms with Gasteiger partial charge in [0.25, 0.3) is 5.91 Å². The normalized spacial score (nSPS) is 14.7. The first kappa shape index (κ1) is 32.3. The van der Waals surface area contributed by atoms with Gasteiger partial charge >= 0.3 is 6.09 Å². The van der Waals surface area contributed by atoms with E-state index in [1.807, 2.05) is 68.7 Å². The van der Waals surface area contributed by atoms with Crippen LogP contribution in [0.15, 0.2) is 53.2 Å². The number of amides is 2. The second kappa shape index (κ2) is 12.9. The van der Waals surface area contributed by atoms with Crippen LogP contribution in [0.5, 0.6) is 11.5 Å². The standard InChI is InChI=1S/C33H35ClN6O6S/c1-18(22-7-6-8-25(28(22)34)45-21-11-13-39(14-12-21)32(42)46-33(3,4)5)43-26-16-27(47-29(26)30(35)41)40-17-36-23-15-20(9-10-24(23)40)31-38-37-19(2)44-31/h6-10,15-18,21H,11-14H2,1-5H3,(H2,35,41). The number of thiophene rings is 1. The molecule has 0 radical (unpaired) electrons. The Kier molecular flexibility index (Phi) is 8.86. The molecule has 2 amide bonds. The van der Waals surface area contributed by atoms with Crippen LogP contribution < -0.4 is 15.2 Å². The van der Waals surface area contributed by atoms with Crippen molar-refractivity contribution in [1.29, 1.82) is 0 Å². The Morgan fingerprint density at radius 1 is 1.11 bits per heavy atom. The van der Waals surface area contributed by atoms with E-state index in [1.165, 1.54) is 11.3 Å². The zero-order valence-corrected chi connectivity index (χ0v) is 28.2. The Morgan fingerprint density at radius 2 is 1.87 bits per heavy atom. The minimum atomic E-state index is -0.608. The third kappa shape index (κ3) is 7.05. The zero-order valence-electron chi connectivity index (χ0n) is 26.7. The first-order valence-electron chi connectivity index (χ1n) is 15.2. The number of aryl methyl sites for hydroxylation is 1. The van der Waals surface area contributed by atoms with Crippen LogP contribution in [0.2, 0.25) is 5.02 Å². The maximum absolute atomic E-state index is 12.5. The molecule has 47 heavy (non-hydrogen) atoms.